The molecular weight excluding hydrogens is 381 g/mol. The van der Waals surface area contributed by atoms with Crippen LogP contribution < -0.4 is 15.9 Å². The van der Waals surface area contributed by atoms with Crippen molar-refractivity contribution in [3.8, 4) is 5.75 Å². The molecule has 0 saturated carbocycles. The van der Waals surface area contributed by atoms with Crippen LogP contribution in [-0.4, -0.2) is 12.1 Å². The second kappa shape index (κ2) is 9.01. The van der Waals surface area contributed by atoms with Gasteiger partial charge in [-0.3, -0.25) is 4.79 Å². The minimum Gasteiger partial charge on any atom is -0.488 e. The largest absolute Gasteiger partial charge is 0.488 e. The molecule has 5 nitrogen and oxygen atoms in total. The maximum Gasteiger partial charge on any atom is 0.273 e. The fourth-order valence-electron chi connectivity index (χ4n) is 2.46. The van der Waals surface area contributed by atoms with Crippen LogP contribution in [0.25, 0.3) is 0 Å². The molecule has 0 aliphatic heterocycles. The molecule has 3 N–H and O–H groups in total. The van der Waals surface area contributed by atoms with Crippen molar-refractivity contribution in [3.05, 3.63) is 94.3 Å². The van der Waals surface area contributed by atoms with Crippen molar-refractivity contribution in [2.45, 2.75) is 6.61 Å². The molecule has 0 heterocycles. The van der Waals surface area contributed by atoms with Crippen LogP contribution in [0.4, 0.5) is 10.1 Å². The van der Waals surface area contributed by atoms with Gasteiger partial charge >= 0.3 is 0 Å². The van der Waals surface area contributed by atoms with E-state index in [9.17, 15) is 9.18 Å². The molecule has 0 spiro atoms. The number of halogens is 2. The molecule has 3 rings (SSSR count). The van der Waals surface area contributed by atoms with E-state index in [4.69, 9.17) is 22.1 Å². The summed E-state index contributed by atoms with van der Waals surface area (Å²) in [6, 6.07) is 18.2. The number of hydrazone groups is 1. The van der Waals surface area contributed by atoms with Crippen LogP contribution in [0.1, 0.15) is 21.5 Å². The zero-order chi connectivity index (χ0) is 19.9. The highest BCUT2D eigenvalue weighted by Gasteiger charge is 2.10. The van der Waals surface area contributed by atoms with Crippen molar-refractivity contribution in [2.24, 2.45) is 5.10 Å². The Morgan fingerprint density at radius 3 is 2.64 bits per heavy atom. The molecule has 0 bridgehead atoms. The highest BCUT2D eigenvalue weighted by molar-refractivity contribution is 6.31. The van der Waals surface area contributed by atoms with Gasteiger partial charge in [-0.05, 0) is 36.4 Å². The summed E-state index contributed by atoms with van der Waals surface area (Å²) in [6.45, 7) is -0.0384. The first kappa shape index (κ1) is 19.4. The van der Waals surface area contributed by atoms with E-state index in [1.54, 1.807) is 54.6 Å². The van der Waals surface area contributed by atoms with Crippen molar-refractivity contribution < 1.29 is 13.9 Å². The highest BCUT2D eigenvalue weighted by Crippen LogP contribution is 2.23. The number of carbonyl (C=O) groups is 1. The van der Waals surface area contributed by atoms with Crippen LogP contribution in [0, 0.1) is 5.82 Å². The number of nitrogens with one attached hydrogen (secondary N) is 1. The van der Waals surface area contributed by atoms with Crippen molar-refractivity contribution in [1.29, 1.82) is 0 Å². The quantitative estimate of drug-likeness (QED) is 0.367. The van der Waals surface area contributed by atoms with Gasteiger partial charge in [0.1, 0.15) is 18.2 Å². The third kappa shape index (κ3) is 4.66. The molecule has 0 radical (unpaired) electrons. The van der Waals surface area contributed by atoms with Gasteiger partial charge in [-0.25, -0.2) is 9.82 Å². The number of nitrogens with zero attached hydrogens (tertiary/aromatic N) is 1. The number of amides is 1. The Kier molecular flexibility index (Phi) is 6.24. The summed E-state index contributed by atoms with van der Waals surface area (Å²) in [5.41, 5.74) is 9.76. The predicted octanol–water partition coefficient (Wildman–Crippen LogP) is 4.40. The van der Waals surface area contributed by atoms with Gasteiger partial charge in [0.15, 0.2) is 0 Å². The molecule has 142 valence electrons. The summed E-state index contributed by atoms with van der Waals surface area (Å²) in [4.78, 5) is 12.1. The van der Waals surface area contributed by atoms with Gasteiger partial charge in [0.25, 0.3) is 5.91 Å². The fourth-order valence-corrected chi connectivity index (χ4v) is 2.68. The molecule has 0 atom stereocenters. The number of hydrogen-bond donors (Lipinski definition) is 2. The second-order valence-corrected chi connectivity index (χ2v) is 6.22. The number of benzene rings is 3. The lowest BCUT2D eigenvalue weighted by Crippen LogP contribution is -2.19. The SMILES string of the molecule is Nc1ccccc1C(=O)N/N=C/c1ccccc1OCc1c(F)cccc1Cl. The topological polar surface area (TPSA) is 76.7 Å². The molecule has 3 aromatic rings. The lowest BCUT2D eigenvalue weighted by Gasteiger charge is -2.11. The number of hydrogen-bond acceptors (Lipinski definition) is 4. The van der Waals surface area contributed by atoms with Gasteiger partial charge in [0, 0.05) is 16.8 Å². The Bertz CT molecular complexity index is 1000. The number of ether oxygens (including phenoxy) is 1. The van der Waals surface area contributed by atoms with Gasteiger partial charge in [0.05, 0.1) is 16.8 Å². The van der Waals surface area contributed by atoms with Crippen molar-refractivity contribution in [2.75, 3.05) is 5.73 Å². The summed E-state index contributed by atoms with van der Waals surface area (Å²) in [5, 5.41) is 4.24. The molecular formula is C21H17ClFN3O2. The standard InChI is InChI=1S/C21H17ClFN3O2/c22-17-8-5-9-18(23)16(17)13-28-20-11-4-1-6-14(20)12-25-26-21(27)15-7-2-3-10-19(15)24/h1-12H,13,24H2,(H,26,27)/b25-12+. The van der Waals surface area contributed by atoms with Crippen LogP contribution in [0.3, 0.4) is 0 Å². The monoisotopic (exact) mass is 397 g/mol. The molecule has 0 aliphatic carbocycles. The van der Waals surface area contributed by atoms with E-state index in [0.717, 1.165) is 0 Å². The Balaban J connectivity index is 1.69. The Hall–Kier alpha value is -3.38. The average molecular weight is 398 g/mol. The fraction of sp³-hybridized carbons (Fsp3) is 0.0476. The van der Waals surface area contributed by atoms with Crippen molar-refractivity contribution in [1.82, 2.24) is 5.43 Å². The van der Waals surface area contributed by atoms with Crippen LogP contribution in [-0.2, 0) is 6.61 Å². The Labute approximate surface area is 166 Å². The van der Waals surface area contributed by atoms with E-state index in [-0.39, 0.29) is 12.2 Å². The van der Waals surface area contributed by atoms with Crippen molar-refractivity contribution >= 4 is 29.4 Å². The normalized spacial score (nSPS) is 10.8. The van der Waals surface area contributed by atoms with E-state index in [1.165, 1.54) is 18.3 Å². The number of nitrogen functional groups attached to an aromatic ring is 1. The third-order valence-electron chi connectivity index (χ3n) is 3.93. The van der Waals surface area contributed by atoms with E-state index < -0.39 is 11.7 Å². The van der Waals surface area contributed by atoms with Gasteiger partial charge in [-0.1, -0.05) is 41.9 Å². The molecule has 7 heteroatoms. The molecule has 0 aliphatic rings. The Morgan fingerprint density at radius 1 is 1.11 bits per heavy atom. The van der Waals surface area contributed by atoms with E-state index in [2.05, 4.69) is 10.5 Å². The smallest absolute Gasteiger partial charge is 0.273 e. The summed E-state index contributed by atoms with van der Waals surface area (Å²) in [6.07, 6.45) is 1.44. The number of anilines is 1. The zero-order valence-corrected chi connectivity index (χ0v) is 15.5. The van der Waals surface area contributed by atoms with E-state index in [0.29, 0.717) is 27.6 Å². The first-order valence-electron chi connectivity index (χ1n) is 8.39. The van der Waals surface area contributed by atoms with E-state index in [1.807, 2.05) is 0 Å². The van der Waals surface area contributed by atoms with Gasteiger partial charge in [-0.2, -0.15) is 5.10 Å². The number of carbonyl (C=O) groups excluding carboxylic acids is 1. The lowest BCUT2D eigenvalue weighted by molar-refractivity contribution is 0.0956. The van der Waals surface area contributed by atoms with Gasteiger partial charge in [-0.15, -0.1) is 0 Å². The van der Waals surface area contributed by atoms with Crippen LogP contribution in [0.5, 0.6) is 5.75 Å². The second-order valence-electron chi connectivity index (χ2n) is 5.81. The maximum absolute atomic E-state index is 13.9. The zero-order valence-electron chi connectivity index (χ0n) is 14.7. The van der Waals surface area contributed by atoms with Gasteiger partial charge < -0.3 is 10.5 Å². The molecule has 1 amide bonds. The molecule has 3 aromatic carbocycles. The minimum absolute atomic E-state index is 0.0384. The lowest BCUT2D eigenvalue weighted by atomic mass is 10.2. The first-order valence-corrected chi connectivity index (χ1v) is 8.76. The number of nitrogens with two attached hydrogens (primary N) is 1. The Morgan fingerprint density at radius 2 is 1.86 bits per heavy atom. The predicted molar refractivity (Wildman–Crippen MR) is 108 cm³/mol. The summed E-state index contributed by atoms with van der Waals surface area (Å²) in [5.74, 6) is -0.392. The van der Waals surface area contributed by atoms with Crippen molar-refractivity contribution in [3.63, 3.8) is 0 Å². The molecule has 0 saturated heterocycles. The van der Waals surface area contributed by atoms with Gasteiger partial charge in [0.2, 0.25) is 0 Å². The maximum atomic E-state index is 13.9. The highest BCUT2D eigenvalue weighted by atomic mass is 35.5. The number of para-hydroxylation sites is 2. The molecule has 0 aromatic heterocycles. The molecule has 0 unspecified atom stereocenters. The number of rotatable bonds is 6. The summed E-state index contributed by atoms with van der Waals surface area (Å²) >= 11 is 6.02. The van der Waals surface area contributed by atoms with Crippen LogP contribution in [0.2, 0.25) is 5.02 Å². The third-order valence-corrected chi connectivity index (χ3v) is 4.28. The molecule has 0 fully saturated rings. The van der Waals surface area contributed by atoms with Crippen LogP contribution in [0.15, 0.2) is 71.8 Å². The first-order chi connectivity index (χ1) is 13.6. The minimum atomic E-state index is -0.439. The molecule has 28 heavy (non-hydrogen) atoms. The van der Waals surface area contributed by atoms with E-state index >= 15 is 0 Å². The summed E-state index contributed by atoms with van der Waals surface area (Å²) < 4.78 is 19.6. The average Bonchev–Trinajstić information content (AvgIpc) is 2.69. The summed E-state index contributed by atoms with van der Waals surface area (Å²) in [7, 11) is 0. The van der Waals surface area contributed by atoms with Crippen LogP contribution >= 0.6 is 11.6 Å².